The fourth-order valence-electron chi connectivity index (χ4n) is 2.48. The lowest BCUT2D eigenvalue weighted by Crippen LogP contribution is -2.39. The summed E-state index contributed by atoms with van der Waals surface area (Å²) in [7, 11) is 0. The molecule has 0 saturated carbocycles. The van der Waals surface area contributed by atoms with Crippen molar-refractivity contribution >= 4 is 17.3 Å². The van der Waals surface area contributed by atoms with E-state index in [4.69, 9.17) is 9.47 Å². The Kier molecular flexibility index (Phi) is 3.66. The predicted molar refractivity (Wildman–Crippen MR) is 72.4 cm³/mol. The molecule has 1 aromatic carbocycles. The van der Waals surface area contributed by atoms with Crippen LogP contribution in [0.3, 0.4) is 0 Å². The summed E-state index contributed by atoms with van der Waals surface area (Å²) >= 11 is 0. The molecule has 2 N–H and O–H groups in total. The average Bonchev–Trinajstić information content (AvgIpc) is 2.48. The Hall–Kier alpha value is -1.59. The van der Waals surface area contributed by atoms with E-state index in [0.29, 0.717) is 19.8 Å². The summed E-state index contributed by atoms with van der Waals surface area (Å²) in [5, 5.41) is 6.30. The number of nitrogens with one attached hydrogen (secondary N) is 2. The maximum absolute atomic E-state index is 12.1. The van der Waals surface area contributed by atoms with Crippen molar-refractivity contribution in [3.8, 4) is 0 Å². The molecular formula is C14H18N2O3. The number of benzene rings is 1. The fraction of sp³-hybridized carbons (Fsp3) is 0.500. The van der Waals surface area contributed by atoms with Gasteiger partial charge in [0.2, 0.25) is 0 Å². The smallest absolute Gasteiger partial charge is 0.255 e. The first-order chi connectivity index (χ1) is 9.34. The molecule has 0 radical (unpaired) electrons. The van der Waals surface area contributed by atoms with E-state index in [-0.39, 0.29) is 5.91 Å². The molecule has 5 nitrogen and oxygen atoms in total. The van der Waals surface area contributed by atoms with E-state index in [0.717, 1.165) is 30.8 Å². The predicted octanol–water partition coefficient (Wildman–Crippen LogP) is 1.40. The first-order valence-corrected chi connectivity index (χ1v) is 6.70. The standard InChI is InChI=1S/C14H18N2O3/c17-14(13-9-18-7-8-19-13)16-12-5-1-4-11-10(12)3-2-6-15-11/h1,4-5,13,15H,2-3,6-9H2,(H,16,17). The van der Waals surface area contributed by atoms with Gasteiger partial charge in [0.15, 0.2) is 6.10 Å². The summed E-state index contributed by atoms with van der Waals surface area (Å²) in [5.41, 5.74) is 3.17. The molecule has 3 rings (SSSR count). The monoisotopic (exact) mass is 262 g/mol. The van der Waals surface area contributed by atoms with Crippen LogP contribution in [-0.4, -0.2) is 38.4 Å². The molecule has 102 valence electrons. The minimum absolute atomic E-state index is 0.126. The van der Waals surface area contributed by atoms with Gasteiger partial charge in [-0.25, -0.2) is 0 Å². The molecule has 2 heterocycles. The van der Waals surface area contributed by atoms with E-state index in [2.05, 4.69) is 10.6 Å². The first kappa shape index (κ1) is 12.4. The van der Waals surface area contributed by atoms with Crippen LogP contribution in [-0.2, 0) is 20.7 Å². The van der Waals surface area contributed by atoms with Gasteiger partial charge in [0.1, 0.15) is 0 Å². The quantitative estimate of drug-likeness (QED) is 0.846. The lowest BCUT2D eigenvalue weighted by molar-refractivity contribution is -0.142. The topological polar surface area (TPSA) is 59.6 Å². The zero-order chi connectivity index (χ0) is 13.1. The molecule has 1 fully saturated rings. The molecule has 1 unspecified atom stereocenters. The van der Waals surface area contributed by atoms with Gasteiger partial charge in [-0.1, -0.05) is 6.07 Å². The van der Waals surface area contributed by atoms with Crippen LogP contribution in [0.4, 0.5) is 11.4 Å². The number of ether oxygens (including phenoxy) is 2. The molecule has 2 aliphatic heterocycles. The average molecular weight is 262 g/mol. The van der Waals surface area contributed by atoms with Gasteiger partial charge in [0, 0.05) is 17.9 Å². The summed E-state index contributed by atoms with van der Waals surface area (Å²) in [6.07, 6.45) is 1.57. The molecule has 1 atom stereocenters. The van der Waals surface area contributed by atoms with Gasteiger partial charge in [-0.3, -0.25) is 4.79 Å². The van der Waals surface area contributed by atoms with Crippen LogP contribution in [0.2, 0.25) is 0 Å². The molecule has 1 saturated heterocycles. The first-order valence-electron chi connectivity index (χ1n) is 6.70. The van der Waals surface area contributed by atoms with Gasteiger partial charge in [-0.2, -0.15) is 0 Å². The van der Waals surface area contributed by atoms with Gasteiger partial charge in [0.25, 0.3) is 5.91 Å². The Bertz CT molecular complexity index is 470. The minimum atomic E-state index is -0.499. The highest BCUT2D eigenvalue weighted by Gasteiger charge is 2.24. The fourth-order valence-corrected chi connectivity index (χ4v) is 2.48. The normalized spacial score (nSPS) is 22.2. The van der Waals surface area contributed by atoms with Gasteiger partial charge >= 0.3 is 0 Å². The number of hydrogen-bond donors (Lipinski definition) is 2. The second kappa shape index (κ2) is 5.59. The van der Waals surface area contributed by atoms with Crippen molar-refractivity contribution in [3.63, 3.8) is 0 Å². The van der Waals surface area contributed by atoms with Crippen molar-refractivity contribution in [1.29, 1.82) is 0 Å². The second-order valence-electron chi connectivity index (χ2n) is 4.79. The number of carbonyl (C=O) groups excluding carboxylic acids is 1. The van der Waals surface area contributed by atoms with Crippen molar-refractivity contribution in [1.82, 2.24) is 0 Å². The van der Waals surface area contributed by atoms with Crippen LogP contribution in [0.25, 0.3) is 0 Å². The Morgan fingerprint density at radius 3 is 3.16 bits per heavy atom. The van der Waals surface area contributed by atoms with Crippen molar-refractivity contribution in [2.75, 3.05) is 37.0 Å². The molecule has 0 spiro atoms. The molecule has 1 amide bonds. The van der Waals surface area contributed by atoms with Gasteiger partial charge in [-0.15, -0.1) is 0 Å². The number of hydrogen-bond acceptors (Lipinski definition) is 4. The third kappa shape index (κ3) is 2.72. The number of rotatable bonds is 2. The zero-order valence-corrected chi connectivity index (χ0v) is 10.8. The van der Waals surface area contributed by atoms with Crippen LogP contribution in [0.1, 0.15) is 12.0 Å². The lowest BCUT2D eigenvalue weighted by atomic mass is 10.0. The molecule has 1 aromatic rings. The maximum Gasteiger partial charge on any atom is 0.255 e. The molecule has 19 heavy (non-hydrogen) atoms. The van der Waals surface area contributed by atoms with Crippen molar-refractivity contribution < 1.29 is 14.3 Å². The highest BCUT2D eigenvalue weighted by Crippen LogP contribution is 2.29. The Labute approximate surface area is 112 Å². The Balaban J connectivity index is 1.74. The van der Waals surface area contributed by atoms with Crippen molar-refractivity contribution in [3.05, 3.63) is 23.8 Å². The van der Waals surface area contributed by atoms with Gasteiger partial charge < -0.3 is 20.1 Å². The molecule has 2 aliphatic rings. The van der Waals surface area contributed by atoms with E-state index in [9.17, 15) is 4.79 Å². The maximum atomic E-state index is 12.1. The zero-order valence-electron chi connectivity index (χ0n) is 10.8. The van der Waals surface area contributed by atoms with Crippen LogP contribution >= 0.6 is 0 Å². The number of anilines is 2. The number of amides is 1. The third-order valence-corrected chi connectivity index (χ3v) is 3.46. The SMILES string of the molecule is O=C(Nc1cccc2c1CCCN2)C1COCCO1. The number of fused-ring (bicyclic) bond motifs is 1. The Morgan fingerprint density at radius 2 is 2.32 bits per heavy atom. The van der Waals surface area contributed by atoms with E-state index < -0.39 is 6.10 Å². The van der Waals surface area contributed by atoms with Crippen molar-refractivity contribution in [2.24, 2.45) is 0 Å². The summed E-state index contributed by atoms with van der Waals surface area (Å²) in [6.45, 7) is 2.37. The van der Waals surface area contributed by atoms with E-state index in [1.54, 1.807) is 0 Å². The van der Waals surface area contributed by atoms with Crippen LogP contribution < -0.4 is 10.6 Å². The van der Waals surface area contributed by atoms with E-state index >= 15 is 0 Å². The second-order valence-corrected chi connectivity index (χ2v) is 4.79. The Morgan fingerprint density at radius 1 is 1.37 bits per heavy atom. The summed E-state index contributed by atoms with van der Waals surface area (Å²) in [4.78, 5) is 12.1. The summed E-state index contributed by atoms with van der Waals surface area (Å²) < 4.78 is 10.7. The van der Waals surface area contributed by atoms with Crippen LogP contribution in [0, 0.1) is 0 Å². The van der Waals surface area contributed by atoms with Crippen LogP contribution in [0.15, 0.2) is 18.2 Å². The molecule has 0 aliphatic carbocycles. The highest BCUT2D eigenvalue weighted by molar-refractivity contribution is 5.95. The highest BCUT2D eigenvalue weighted by atomic mass is 16.6. The molecule has 0 aromatic heterocycles. The summed E-state index contributed by atoms with van der Waals surface area (Å²) in [6, 6.07) is 5.93. The summed E-state index contributed by atoms with van der Waals surface area (Å²) in [5.74, 6) is -0.126. The minimum Gasteiger partial charge on any atom is -0.385 e. The van der Waals surface area contributed by atoms with Crippen molar-refractivity contribution in [2.45, 2.75) is 18.9 Å². The largest absolute Gasteiger partial charge is 0.385 e. The molecular weight excluding hydrogens is 244 g/mol. The van der Waals surface area contributed by atoms with Gasteiger partial charge in [-0.05, 0) is 30.5 Å². The van der Waals surface area contributed by atoms with E-state index in [1.165, 1.54) is 5.56 Å². The lowest BCUT2D eigenvalue weighted by Gasteiger charge is -2.24. The molecule has 0 bridgehead atoms. The molecule has 5 heteroatoms. The third-order valence-electron chi connectivity index (χ3n) is 3.46. The number of carbonyl (C=O) groups is 1. The van der Waals surface area contributed by atoms with Gasteiger partial charge in [0.05, 0.1) is 19.8 Å². The van der Waals surface area contributed by atoms with E-state index in [1.807, 2.05) is 18.2 Å². The van der Waals surface area contributed by atoms with Crippen LogP contribution in [0.5, 0.6) is 0 Å².